The van der Waals surface area contributed by atoms with Gasteiger partial charge < -0.3 is 20.2 Å². The molecular weight excluding hydrogens is 432 g/mol. The molecule has 180 valence electrons. The van der Waals surface area contributed by atoms with Gasteiger partial charge in [-0.2, -0.15) is 5.90 Å². The SMILES string of the molecule is C=C(/N=C(\ON)c1cn(CC(C)(C)O)cn1)C(C)(c1ccc(-c2cnc(N)nc2)nc1)C(C)C. The van der Waals surface area contributed by atoms with E-state index in [2.05, 4.69) is 45.4 Å². The number of aliphatic hydroxyl groups is 1. The second kappa shape index (κ2) is 9.70. The Labute approximate surface area is 199 Å². The first kappa shape index (κ1) is 25.0. The predicted molar refractivity (Wildman–Crippen MR) is 131 cm³/mol. The molecule has 3 aromatic rings. The number of imidazole rings is 1. The molecule has 3 heterocycles. The number of aliphatic imine (C=N–C) groups is 1. The Morgan fingerprint density at radius 2 is 1.82 bits per heavy atom. The Hall–Kier alpha value is -3.63. The molecule has 0 spiro atoms. The minimum Gasteiger partial charge on any atom is -0.389 e. The van der Waals surface area contributed by atoms with Gasteiger partial charge in [0.25, 0.3) is 5.90 Å². The molecule has 0 fully saturated rings. The van der Waals surface area contributed by atoms with Crippen molar-refractivity contribution in [1.82, 2.24) is 24.5 Å². The van der Waals surface area contributed by atoms with Crippen molar-refractivity contribution >= 4 is 11.8 Å². The van der Waals surface area contributed by atoms with E-state index in [9.17, 15) is 5.11 Å². The lowest BCUT2D eigenvalue weighted by Crippen LogP contribution is -2.31. The van der Waals surface area contributed by atoms with Crippen molar-refractivity contribution in [1.29, 1.82) is 0 Å². The van der Waals surface area contributed by atoms with Gasteiger partial charge in [0.1, 0.15) is 5.69 Å². The van der Waals surface area contributed by atoms with Crippen molar-refractivity contribution in [3.05, 3.63) is 66.8 Å². The molecular formula is C24H32N8O2. The van der Waals surface area contributed by atoms with Gasteiger partial charge in [-0.05, 0) is 38.3 Å². The van der Waals surface area contributed by atoms with Gasteiger partial charge in [0.05, 0.1) is 24.2 Å². The van der Waals surface area contributed by atoms with Crippen molar-refractivity contribution in [3.8, 4) is 11.3 Å². The Balaban J connectivity index is 1.91. The van der Waals surface area contributed by atoms with Crippen LogP contribution < -0.4 is 11.6 Å². The molecule has 0 saturated heterocycles. The second-order valence-corrected chi connectivity index (χ2v) is 9.34. The first-order valence-corrected chi connectivity index (χ1v) is 10.9. The van der Waals surface area contributed by atoms with Gasteiger partial charge >= 0.3 is 0 Å². The van der Waals surface area contributed by atoms with Crippen LogP contribution in [0.4, 0.5) is 5.95 Å². The normalized spacial score (nSPS) is 14.2. The molecule has 5 N–H and O–H groups in total. The molecule has 0 saturated carbocycles. The highest BCUT2D eigenvalue weighted by molar-refractivity contribution is 5.92. The summed E-state index contributed by atoms with van der Waals surface area (Å²) in [6.07, 6.45) is 8.38. The van der Waals surface area contributed by atoms with Gasteiger partial charge in [-0.1, -0.05) is 26.5 Å². The lowest BCUT2D eigenvalue weighted by molar-refractivity contribution is 0.0615. The first-order valence-electron chi connectivity index (χ1n) is 10.9. The Morgan fingerprint density at radius 1 is 1.15 bits per heavy atom. The summed E-state index contributed by atoms with van der Waals surface area (Å²) in [5.41, 5.74) is 7.53. The van der Waals surface area contributed by atoms with Gasteiger partial charge in [-0.3, -0.25) is 4.98 Å². The molecule has 0 amide bonds. The van der Waals surface area contributed by atoms with Gasteiger partial charge in [0.15, 0.2) is 0 Å². The fourth-order valence-electron chi connectivity index (χ4n) is 3.56. The van der Waals surface area contributed by atoms with E-state index in [-0.39, 0.29) is 17.8 Å². The van der Waals surface area contributed by atoms with Gasteiger partial charge in [-0.15, -0.1) is 0 Å². The van der Waals surface area contributed by atoms with Crippen LogP contribution in [-0.2, 0) is 16.8 Å². The molecule has 3 rings (SSSR count). The minimum absolute atomic E-state index is 0.128. The van der Waals surface area contributed by atoms with E-state index >= 15 is 0 Å². The number of rotatable bonds is 8. The van der Waals surface area contributed by atoms with E-state index in [1.807, 2.05) is 19.1 Å². The number of nitrogen functional groups attached to an aromatic ring is 1. The lowest BCUT2D eigenvalue weighted by atomic mass is 9.71. The highest BCUT2D eigenvalue weighted by Crippen LogP contribution is 2.39. The zero-order valence-electron chi connectivity index (χ0n) is 20.2. The first-order chi connectivity index (χ1) is 15.9. The van der Waals surface area contributed by atoms with Crippen molar-refractivity contribution in [2.45, 2.75) is 52.2 Å². The zero-order chi connectivity index (χ0) is 25.1. The number of nitrogens with two attached hydrogens (primary N) is 2. The third kappa shape index (κ3) is 5.46. The van der Waals surface area contributed by atoms with Gasteiger partial charge in [-0.25, -0.2) is 19.9 Å². The largest absolute Gasteiger partial charge is 0.389 e. The number of nitrogens with zero attached hydrogens (tertiary/aromatic N) is 6. The maximum absolute atomic E-state index is 10.1. The van der Waals surface area contributed by atoms with Crippen molar-refractivity contribution in [2.75, 3.05) is 5.73 Å². The lowest BCUT2D eigenvalue weighted by Gasteiger charge is -2.34. The van der Waals surface area contributed by atoms with Crippen LogP contribution in [0.1, 0.15) is 45.9 Å². The molecule has 0 radical (unpaired) electrons. The summed E-state index contributed by atoms with van der Waals surface area (Å²) in [4.78, 5) is 26.6. The van der Waals surface area contributed by atoms with Crippen LogP contribution in [0.25, 0.3) is 11.3 Å². The van der Waals surface area contributed by atoms with Crippen LogP contribution in [0.3, 0.4) is 0 Å². The quantitative estimate of drug-likeness (QED) is 0.262. The Morgan fingerprint density at radius 3 is 2.35 bits per heavy atom. The fraction of sp³-hybridized carbons (Fsp3) is 0.375. The molecule has 10 heteroatoms. The molecule has 0 aromatic carbocycles. The Bertz CT molecular complexity index is 1160. The van der Waals surface area contributed by atoms with Crippen LogP contribution in [0.5, 0.6) is 0 Å². The van der Waals surface area contributed by atoms with Gasteiger partial charge in [0, 0.05) is 41.5 Å². The topological polar surface area (TPSA) is 150 Å². The van der Waals surface area contributed by atoms with E-state index in [1.165, 1.54) is 0 Å². The smallest absolute Gasteiger partial charge is 0.265 e. The number of aromatic nitrogens is 5. The average molecular weight is 465 g/mol. The monoisotopic (exact) mass is 464 g/mol. The van der Waals surface area contributed by atoms with Crippen molar-refractivity contribution < 1.29 is 9.94 Å². The average Bonchev–Trinajstić information content (AvgIpc) is 3.23. The van der Waals surface area contributed by atoms with Crippen LogP contribution >= 0.6 is 0 Å². The third-order valence-electron chi connectivity index (χ3n) is 5.85. The molecule has 0 aliphatic rings. The van der Waals surface area contributed by atoms with Crippen LogP contribution in [0, 0.1) is 5.92 Å². The molecule has 0 aliphatic heterocycles. The number of hydrogen-bond donors (Lipinski definition) is 3. The maximum atomic E-state index is 10.1. The number of allylic oxidation sites excluding steroid dienone is 1. The van der Waals surface area contributed by atoms with E-state index in [4.69, 9.17) is 16.5 Å². The molecule has 0 aliphatic carbocycles. The molecule has 3 aromatic heterocycles. The van der Waals surface area contributed by atoms with Crippen LogP contribution in [-0.4, -0.2) is 41.1 Å². The fourth-order valence-corrected chi connectivity index (χ4v) is 3.56. The van der Waals surface area contributed by atoms with E-state index in [0.29, 0.717) is 17.9 Å². The van der Waals surface area contributed by atoms with Gasteiger partial charge in [0.2, 0.25) is 5.95 Å². The highest BCUT2D eigenvalue weighted by Gasteiger charge is 2.35. The molecule has 0 bridgehead atoms. The highest BCUT2D eigenvalue weighted by atomic mass is 16.6. The zero-order valence-corrected chi connectivity index (χ0v) is 20.2. The molecule has 34 heavy (non-hydrogen) atoms. The summed E-state index contributed by atoms with van der Waals surface area (Å²) in [6, 6.07) is 3.89. The number of hydrogen-bond acceptors (Lipinski definition) is 9. The predicted octanol–water partition coefficient (Wildman–Crippen LogP) is 2.85. The van der Waals surface area contributed by atoms with E-state index in [1.54, 1.807) is 49.5 Å². The number of pyridine rings is 1. The number of anilines is 1. The summed E-state index contributed by atoms with van der Waals surface area (Å²) < 4.78 is 1.75. The van der Waals surface area contributed by atoms with E-state index < -0.39 is 11.0 Å². The van der Waals surface area contributed by atoms with E-state index in [0.717, 1.165) is 16.8 Å². The van der Waals surface area contributed by atoms with Crippen LogP contribution in [0.2, 0.25) is 0 Å². The van der Waals surface area contributed by atoms with Crippen LogP contribution in [0.15, 0.2) is 60.5 Å². The third-order valence-corrected chi connectivity index (χ3v) is 5.85. The Kier molecular flexibility index (Phi) is 7.13. The molecule has 1 atom stereocenters. The van der Waals surface area contributed by atoms with Crippen molar-refractivity contribution in [3.63, 3.8) is 0 Å². The summed E-state index contributed by atoms with van der Waals surface area (Å²) in [5.74, 6) is 6.01. The summed E-state index contributed by atoms with van der Waals surface area (Å²) in [6.45, 7) is 14.3. The summed E-state index contributed by atoms with van der Waals surface area (Å²) >= 11 is 0. The second-order valence-electron chi connectivity index (χ2n) is 9.34. The summed E-state index contributed by atoms with van der Waals surface area (Å²) in [7, 11) is 0. The summed E-state index contributed by atoms with van der Waals surface area (Å²) in [5, 5.41) is 10.1. The maximum Gasteiger partial charge on any atom is 0.265 e. The minimum atomic E-state index is -0.893. The van der Waals surface area contributed by atoms with Crippen molar-refractivity contribution in [2.24, 2.45) is 16.8 Å². The molecule has 1 unspecified atom stereocenters. The molecule has 10 nitrogen and oxygen atoms in total. The standard InChI is InChI=1S/C24H32N8O2/c1-15(2)24(6,18-7-8-19(27-11-18)17-9-28-22(25)29-10-17)16(3)31-21(34-26)20-12-32(14-30-20)13-23(4,5)33/h7-12,14-15,33H,3,13,26H2,1-2,4-6H3,(H2,25,28,29)/b31-21-.